The molecule has 0 spiro atoms. The highest BCUT2D eigenvalue weighted by Gasteiger charge is 2.36. The van der Waals surface area contributed by atoms with Crippen molar-refractivity contribution < 1.29 is 4.74 Å². The van der Waals surface area contributed by atoms with Crippen molar-refractivity contribution in [3.05, 3.63) is 29.8 Å². The highest BCUT2D eigenvalue weighted by atomic mass is 16.5. The van der Waals surface area contributed by atoms with E-state index in [9.17, 15) is 0 Å². The summed E-state index contributed by atoms with van der Waals surface area (Å²) in [6.07, 6.45) is 2.84. The lowest BCUT2D eigenvalue weighted by molar-refractivity contribution is 0.110. The predicted octanol–water partition coefficient (Wildman–Crippen LogP) is 3.61. The second kappa shape index (κ2) is 6.80. The molecule has 0 radical (unpaired) electrons. The van der Waals surface area contributed by atoms with Crippen LogP contribution in [0, 0.1) is 0 Å². The summed E-state index contributed by atoms with van der Waals surface area (Å²) in [6.45, 7) is 11.2. The molecule has 1 atom stereocenters. The van der Waals surface area contributed by atoms with Gasteiger partial charge in [-0.2, -0.15) is 0 Å². The van der Waals surface area contributed by atoms with Crippen molar-refractivity contribution in [3.63, 3.8) is 0 Å². The first-order valence-electron chi connectivity index (χ1n) is 8.14. The minimum absolute atomic E-state index is 0.0989. The number of nitrogens with zero attached hydrogens (tertiary/aromatic N) is 1. The summed E-state index contributed by atoms with van der Waals surface area (Å²) in [4.78, 5) is 2.60. The summed E-state index contributed by atoms with van der Waals surface area (Å²) in [5.41, 5.74) is 1.40. The number of ether oxygens (including phenoxy) is 1. The van der Waals surface area contributed by atoms with Crippen molar-refractivity contribution >= 4 is 0 Å². The third-order valence-electron chi connectivity index (χ3n) is 4.48. The molecule has 1 heterocycles. The van der Waals surface area contributed by atoms with E-state index >= 15 is 0 Å². The molecule has 0 saturated carbocycles. The molecule has 1 fully saturated rings. The molecule has 2 rings (SSSR count). The van der Waals surface area contributed by atoms with Gasteiger partial charge in [0.25, 0.3) is 0 Å². The second-order valence-electron chi connectivity index (χ2n) is 6.81. The first kappa shape index (κ1) is 16.3. The summed E-state index contributed by atoms with van der Waals surface area (Å²) < 4.78 is 5.85. The fraction of sp³-hybridized carbons (Fsp3) is 0.667. The maximum absolute atomic E-state index is 5.85. The lowest BCUT2D eigenvalue weighted by Gasteiger charge is -2.42. The number of hydrogen-bond acceptors (Lipinski definition) is 3. The molecule has 21 heavy (non-hydrogen) atoms. The molecule has 3 heteroatoms. The van der Waals surface area contributed by atoms with Crippen LogP contribution in [0.25, 0.3) is 0 Å². The Balaban J connectivity index is 2.23. The molecule has 0 aliphatic carbocycles. The monoisotopic (exact) mass is 290 g/mol. The fourth-order valence-electron chi connectivity index (χ4n) is 3.44. The summed E-state index contributed by atoms with van der Waals surface area (Å²) in [5, 5.41) is 3.52. The van der Waals surface area contributed by atoms with Crippen LogP contribution in [0.5, 0.6) is 5.75 Å². The molecule has 3 nitrogen and oxygen atoms in total. The van der Waals surface area contributed by atoms with E-state index in [4.69, 9.17) is 4.74 Å². The van der Waals surface area contributed by atoms with Crippen molar-refractivity contribution in [2.75, 3.05) is 20.1 Å². The van der Waals surface area contributed by atoms with E-state index in [1.165, 1.54) is 31.5 Å². The summed E-state index contributed by atoms with van der Waals surface area (Å²) >= 11 is 0. The largest absolute Gasteiger partial charge is 0.491 e. The normalized spacial score (nSPS) is 18.2. The molecular formula is C18H30N2O. The van der Waals surface area contributed by atoms with Crippen LogP contribution in [0.2, 0.25) is 0 Å². The topological polar surface area (TPSA) is 24.5 Å². The minimum atomic E-state index is 0.0989. The molecule has 1 unspecified atom stereocenters. The first-order chi connectivity index (χ1) is 9.95. The molecule has 0 bridgehead atoms. The van der Waals surface area contributed by atoms with Gasteiger partial charge in [-0.1, -0.05) is 12.1 Å². The van der Waals surface area contributed by atoms with E-state index in [1.807, 2.05) is 6.07 Å². The van der Waals surface area contributed by atoms with Gasteiger partial charge in [0.1, 0.15) is 5.75 Å². The van der Waals surface area contributed by atoms with E-state index in [1.54, 1.807) is 0 Å². The van der Waals surface area contributed by atoms with Gasteiger partial charge in [0.15, 0.2) is 0 Å². The van der Waals surface area contributed by atoms with E-state index < -0.39 is 0 Å². The second-order valence-corrected chi connectivity index (χ2v) is 6.81. The Labute approximate surface area is 129 Å². The Kier molecular flexibility index (Phi) is 5.28. The van der Waals surface area contributed by atoms with Gasteiger partial charge in [0.05, 0.1) is 12.1 Å². The maximum atomic E-state index is 5.85. The molecule has 1 aromatic rings. The Morgan fingerprint density at radius 3 is 2.43 bits per heavy atom. The van der Waals surface area contributed by atoms with Crippen molar-refractivity contribution in [1.82, 2.24) is 10.2 Å². The van der Waals surface area contributed by atoms with Crippen LogP contribution in [-0.4, -0.2) is 36.7 Å². The maximum Gasteiger partial charge on any atom is 0.120 e. The van der Waals surface area contributed by atoms with Gasteiger partial charge < -0.3 is 10.1 Å². The number of likely N-dealkylation sites (N-methyl/N-ethyl adjacent to an activating group) is 1. The van der Waals surface area contributed by atoms with E-state index in [2.05, 4.69) is 63.2 Å². The average molecular weight is 290 g/mol. The zero-order valence-electron chi connectivity index (χ0n) is 14.1. The van der Waals surface area contributed by atoms with Gasteiger partial charge in [0, 0.05) is 5.54 Å². The smallest absolute Gasteiger partial charge is 0.120 e. The molecule has 1 aliphatic rings. The number of benzene rings is 1. The third-order valence-corrected chi connectivity index (χ3v) is 4.48. The third kappa shape index (κ3) is 3.78. The van der Waals surface area contributed by atoms with Gasteiger partial charge in [-0.15, -0.1) is 0 Å². The molecule has 0 aromatic heterocycles. The molecular weight excluding hydrogens is 260 g/mol. The van der Waals surface area contributed by atoms with Crippen molar-refractivity contribution in [2.24, 2.45) is 0 Å². The Morgan fingerprint density at radius 1 is 1.19 bits per heavy atom. The lowest BCUT2D eigenvalue weighted by atomic mass is 9.87. The van der Waals surface area contributed by atoms with Crippen molar-refractivity contribution in [2.45, 2.75) is 58.2 Å². The molecule has 118 valence electrons. The fourth-order valence-corrected chi connectivity index (χ4v) is 3.44. The lowest BCUT2D eigenvalue weighted by Crippen LogP contribution is -2.50. The average Bonchev–Trinajstić information content (AvgIpc) is 2.93. The standard InChI is InChI=1S/C18H30N2O/c1-14(2)21-16-10-8-9-15(13-16)17(19-5)18(3,4)20-11-6-7-12-20/h8-10,13-14,17,19H,6-7,11-12H2,1-5H3. The summed E-state index contributed by atoms with van der Waals surface area (Å²) in [7, 11) is 2.05. The minimum Gasteiger partial charge on any atom is -0.491 e. The first-order valence-corrected chi connectivity index (χ1v) is 8.14. The Morgan fingerprint density at radius 2 is 1.86 bits per heavy atom. The van der Waals surface area contributed by atoms with E-state index in [0.717, 1.165) is 5.75 Å². The van der Waals surface area contributed by atoms with E-state index in [-0.39, 0.29) is 11.6 Å². The van der Waals surface area contributed by atoms with Crippen LogP contribution in [-0.2, 0) is 0 Å². The zero-order chi connectivity index (χ0) is 15.5. The van der Waals surface area contributed by atoms with Gasteiger partial charge in [-0.3, -0.25) is 4.90 Å². The predicted molar refractivity (Wildman–Crippen MR) is 88.9 cm³/mol. The van der Waals surface area contributed by atoms with Crippen LogP contribution in [0.15, 0.2) is 24.3 Å². The molecule has 0 amide bonds. The Bertz CT molecular complexity index is 450. The van der Waals surface area contributed by atoms with Crippen LogP contribution in [0.3, 0.4) is 0 Å². The highest BCUT2D eigenvalue weighted by Crippen LogP contribution is 2.34. The van der Waals surface area contributed by atoms with Crippen molar-refractivity contribution in [1.29, 1.82) is 0 Å². The summed E-state index contributed by atoms with van der Waals surface area (Å²) in [5.74, 6) is 0.958. The Hall–Kier alpha value is -1.06. The highest BCUT2D eigenvalue weighted by molar-refractivity contribution is 5.32. The number of hydrogen-bond donors (Lipinski definition) is 1. The van der Waals surface area contributed by atoms with Crippen LogP contribution < -0.4 is 10.1 Å². The van der Waals surface area contributed by atoms with Crippen LogP contribution in [0.4, 0.5) is 0 Å². The van der Waals surface area contributed by atoms with Crippen LogP contribution >= 0.6 is 0 Å². The number of rotatable bonds is 6. The summed E-state index contributed by atoms with van der Waals surface area (Å²) in [6, 6.07) is 8.81. The molecule has 1 N–H and O–H groups in total. The van der Waals surface area contributed by atoms with Gasteiger partial charge in [0.2, 0.25) is 0 Å². The van der Waals surface area contributed by atoms with E-state index in [0.29, 0.717) is 6.04 Å². The van der Waals surface area contributed by atoms with Gasteiger partial charge >= 0.3 is 0 Å². The van der Waals surface area contributed by atoms with Gasteiger partial charge in [-0.05, 0) is 78.4 Å². The van der Waals surface area contributed by atoms with Gasteiger partial charge in [-0.25, -0.2) is 0 Å². The molecule has 1 aromatic carbocycles. The van der Waals surface area contributed by atoms with Crippen molar-refractivity contribution in [3.8, 4) is 5.75 Å². The number of likely N-dealkylation sites (tertiary alicyclic amines) is 1. The number of nitrogens with one attached hydrogen (secondary N) is 1. The SMILES string of the molecule is CNC(c1cccc(OC(C)C)c1)C(C)(C)N1CCCC1. The quantitative estimate of drug-likeness (QED) is 0.866. The zero-order valence-corrected chi connectivity index (χ0v) is 14.1. The van der Waals surface area contributed by atoms with Crippen LogP contribution in [0.1, 0.15) is 52.1 Å². The molecule has 1 saturated heterocycles. The molecule has 1 aliphatic heterocycles.